The molecule has 0 aliphatic heterocycles. The molecule has 0 bridgehead atoms. The fraction of sp³-hybridized carbons (Fsp3) is 0.125. The summed E-state index contributed by atoms with van der Waals surface area (Å²) in [4.78, 5) is 14.4. The van der Waals surface area contributed by atoms with Crippen LogP contribution in [0.5, 0.6) is 0 Å². The lowest BCUT2D eigenvalue weighted by atomic mass is 10.3. The van der Waals surface area contributed by atoms with Crippen LogP contribution in [-0.2, 0) is 6.54 Å². The highest BCUT2D eigenvalue weighted by Gasteiger charge is 2.10. The van der Waals surface area contributed by atoms with Gasteiger partial charge in [-0.2, -0.15) is 5.10 Å². The van der Waals surface area contributed by atoms with E-state index in [1.54, 1.807) is 23.2 Å². The molecule has 0 radical (unpaired) electrons. The monoisotopic (exact) mass is 192 g/mol. The van der Waals surface area contributed by atoms with Gasteiger partial charge in [0.25, 0.3) is 0 Å². The number of aromatic amines is 1. The largest absolute Gasteiger partial charge is 0.475 e. The number of imidazole rings is 1. The lowest BCUT2D eigenvalue weighted by Crippen LogP contribution is -2.09. The summed E-state index contributed by atoms with van der Waals surface area (Å²) >= 11 is 0. The van der Waals surface area contributed by atoms with E-state index < -0.39 is 5.97 Å². The number of carbonyl (C=O) groups is 1. The number of nitrogens with zero attached hydrogens (tertiary/aromatic N) is 3. The number of carboxylic acid groups (broad SMARTS) is 1. The van der Waals surface area contributed by atoms with E-state index in [0.717, 1.165) is 5.56 Å². The summed E-state index contributed by atoms with van der Waals surface area (Å²) in [6.45, 7) is 0.456. The van der Waals surface area contributed by atoms with Crippen molar-refractivity contribution in [3.8, 4) is 0 Å². The Kier molecular flexibility index (Phi) is 2.02. The van der Waals surface area contributed by atoms with Crippen molar-refractivity contribution < 1.29 is 9.90 Å². The van der Waals surface area contributed by atoms with Crippen molar-refractivity contribution in [3.63, 3.8) is 0 Å². The maximum Gasteiger partial charge on any atom is 0.372 e. The van der Waals surface area contributed by atoms with Crippen molar-refractivity contribution in [2.45, 2.75) is 6.54 Å². The van der Waals surface area contributed by atoms with Crippen LogP contribution in [0.2, 0.25) is 0 Å². The molecule has 0 fully saturated rings. The highest BCUT2D eigenvalue weighted by molar-refractivity contribution is 5.83. The zero-order valence-corrected chi connectivity index (χ0v) is 7.21. The van der Waals surface area contributed by atoms with Gasteiger partial charge in [-0.3, -0.25) is 5.10 Å². The molecule has 0 amide bonds. The number of hydrogen-bond donors (Lipinski definition) is 2. The van der Waals surface area contributed by atoms with Crippen LogP contribution in [0, 0.1) is 0 Å². The topological polar surface area (TPSA) is 83.8 Å². The molecule has 0 aliphatic rings. The van der Waals surface area contributed by atoms with Crippen LogP contribution in [0.15, 0.2) is 24.8 Å². The molecule has 2 rings (SSSR count). The third-order valence-electron chi connectivity index (χ3n) is 1.81. The van der Waals surface area contributed by atoms with Crippen molar-refractivity contribution in [3.05, 3.63) is 36.2 Å². The zero-order chi connectivity index (χ0) is 9.97. The number of carboxylic acids is 1. The van der Waals surface area contributed by atoms with E-state index in [4.69, 9.17) is 5.11 Å². The Morgan fingerprint density at radius 3 is 3.14 bits per heavy atom. The van der Waals surface area contributed by atoms with Crippen molar-refractivity contribution in [2.24, 2.45) is 0 Å². The molecular formula is C8H8N4O2. The predicted octanol–water partition coefficient (Wildman–Crippen LogP) is 0.353. The van der Waals surface area contributed by atoms with Gasteiger partial charge in [0, 0.05) is 24.2 Å². The number of H-pyrrole nitrogens is 1. The third kappa shape index (κ3) is 1.49. The molecule has 2 N–H and O–H groups in total. The van der Waals surface area contributed by atoms with Gasteiger partial charge in [0.05, 0.1) is 12.7 Å². The van der Waals surface area contributed by atoms with Gasteiger partial charge in [0.1, 0.15) is 0 Å². The van der Waals surface area contributed by atoms with Crippen molar-refractivity contribution in [1.29, 1.82) is 0 Å². The van der Waals surface area contributed by atoms with Crippen LogP contribution in [0.3, 0.4) is 0 Å². The zero-order valence-electron chi connectivity index (χ0n) is 7.21. The van der Waals surface area contributed by atoms with Gasteiger partial charge in [0.2, 0.25) is 5.82 Å². The molecule has 72 valence electrons. The molecule has 0 atom stereocenters. The molecule has 2 aromatic heterocycles. The molecule has 0 unspecified atom stereocenters. The van der Waals surface area contributed by atoms with E-state index in [-0.39, 0.29) is 5.82 Å². The summed E-state index contributed by atoms with van der Waals surface area (Å²) in [5, 5.41) is 15.2. The minimum absolute atomic E-state index is 0.0335. The fourth-order valence-corrected chi connectivity index (χ4v) is 1.20. The molecule has 6 heteroatoms. The number of hydrogen-bond acceptors (Lipinski definition) is 3. The first-order chi connectivity index (χ1) is 6.77. The Hall–Kier alpha value is -2.11. The number of rotatable bonds is 3. The van der Waals surface area contributed by atoms with Crippen molar-refractivity contribution in [2.75, 3.05) is 0 Å². The van der Waals surface area contributed by atoms with Crippen LogP contribution < -0.4 is 0 Å². The van der Waals surface area contributed by atoms with Crippen molar-refractivity contribution in [1.82, 2.24) is 19.7 Å². The van der Waals surface area contributed by atoms with Gasteiger partial charge >= 0.3 is 5.97 Å². The maximum absolute atomic E-state index is 10.7. The Morgan fingerprint density at radius 2 is 2.50 bits per heavy atom. The van der Waals surface area contributed by atoms with E-state index in [1.807, 2.05) is 0 Å². The Labute approximate surface area is 79.2 Å². The highest BCUT2D eigenvalue weighted by atomic mass is 16.4. The first-order valence-electron chi connectivity index (χ1n) is 3.99. The molecule has 14 heavy (non-hydrogen) atoms. The van der Waals surface area contributed by atoms with E-state index in [9.17, 15) is 4.79 Å². The standard InChI is InChI=1S/C8H8N4O2/c13-8(14)7-9-1-2-12(7)5-6-3-10-11-4-6/h1-4H,5H2,(H,10,11)(H,13,14). The first kappa shape index (κ1) is 8.49. The second kappa shape index (κ2) is 3.33. The van der Waals surface area contributed by atoms with Gasteiger partial charge in [-0.1, -0.05) is 0 Å². The SMILES string of the molecule is O=C(O)c1nccn1Cc1cn[nH]c1. The third-order valence-corrected chi connectivity index (χ3v) is 1.81. The Balaban J connectivity index is 2.25. The lowest BCUT2D eigenvalue weighted by Gasteiger charge is -2.01. The minimum atomic E-state index is -1.03. The Morgan fingerprint density at radius 1 is 1.64 bits per heavy atom. The summed E-state index contributed by atoms with van der Waals surface area (Å²) in [6, 6.07) is 0. The summed E-state index contributed by atoms with van der Waals surface area (Å²) < 4.78 is 1.55. The number of aromatic nitrogens is 4. The second-order valence-corrected chi connectivity index (χ2v) is 2.79. The van der Waals surface area contributed by atoms with Crippen LogP contribution in [0.1, 0.15) is 16.2 Å². The molecule has 0 aliphatic carbocycles. The molecule has 0 saturated carbocycles. The quantitative estimate of drug-likeness (QED) is 0.735. The van der Waals surface area contributed by atoms with Crippen LogP contribution >= 0.6 is 0 Å². The first-order valence-corrected chi connectivity index (χ1v) is 3.99. The summed E-state index contributed by atoms with van der Waals surface area (Å²) in [5.74, 6) is -0.996. The molecule has 0 spiro atoms. The summed E-state index contributed by atoms with van der Waals surface area (Å²) in [6.07, 6.45) is 6.44. The molecular weight excluding hydrogens is 184 g/mol. The highest BCUT2D eigenvalue weighted by Crippen LogP contribution is 2.03. The van der Waals surface area contributed by atoms with E-state index in [2.05, 4.69) is 15.2 Å². The molecule has 6 nitrogen and oxygen atoms in total. The van der Waals surface area contributed by atoms with Crippen molar-refractivity contribution >= 4 is 5.97 Å². The van der Waals surface area contributed by atoms with Gasteiger partial charge in [0.15, 0.2) is 0 Å². The minimum Gasteiger partial charge on any atom is -0.475 e. The van der Waals surface area contributed by atoms with E-state index >= 15 is 0 Å². The van der Waals surface area contributed by atoms with Gasteiger partial charge in [-0.15, -0.1) is 0 Å². The Bertz CT molecular complexity index is 432. The second-order valence-electron chi connectivity index (χ2n) is 2.79. The lowest BCUT2D eigenvalue weighted by molar-refractivity contribution is 0.0679. The molecule has 2 aromatic rings. The number of aromatic carboxylic acids is 1. The smallest absolute Gasteiger partial charge is 0.372 e. The van der Waals surface area contributed by atoms with Crippen LogP contribution in [-0.4, -0.2) is 30.8 Å². The van der Waals surface area contributed by atoms with Gasteiger partial charge < -0.3 is 9.67 Å². The van der Waals surface area contributed by atoms with Gasteiger partial charge in [-0.25, -0.2) is 9.78 Å². The average molecular weight is 192 g/mol. The van der Waals surface area contributed by atoms with E-state index in [1.165, 1.54) is 6.20 Å². The maximum atomic E-state index is 10.7. The number of nitrogens with one attached hydrogen (secondary N) is 1. The van der Waals surface area contributed by atoms with E-state index in [0.29, 0.717) is 6.54 Å². The van der Waals surface area contributed by atoms with Gasteiger partial charge in [-0.05, 0) is 0 Å². The normalized spacial score (nSPS) is 10.3. The predicted molar refractivity (Wildman–Crippen MR) is 46.9 cm³/mol. The summed E-state index contributed by atoms with van der Waals surface area (Å²) in [5.41, 5.74) is 0.908. The summed E-state index contributed by atoms with van der Waals surface area (Å²) in [7, 11) is 0. The average Bonchev–Trinajstić information content (AvgIpc) is 2.75. The molecule has 2 heterocycles. The van der Waals surface area contributed by atoms with Crippen LogP contribution in [0.4, 0.5) is 0 Å². The fourth-order valence-electron chi connectivity index (χ4n) is 1.20. The van der Waals surface area contributed by atoms with Crippen LogP contribution in [0.25, 0.3) is 0 Å². The molecule has 0 aromatic carbocycles. The molecule has 0 saturated heterocycles.